The first-order valence-corrected chi connectivity index (χ1v) is 9.28. The summed E-state index contributed by atoms with van der Waals surface area (Å²) in [6.07, 6.45) is 0.0767. The van der Waals surface area contributed by atoms with E-state index < -0.39 is 0 Å². The number of anilines is 2. The van der Waals surface area contributed by atoms with Crippen LogP contribution in [0.3, 0.4) is 0 Å². The van der Waals surface area contributed by atoms with E-state index in [1.165, 1.54) is 37.5 Å². The third-order valence-corrected chi connectivity index (χ3v) is 4.70. The van der Waals surface area contributed by atoms with E-state index in [1.807, 2.05) is 0 Å². The Kier molecular flexibility index (Phi) is 6.00. The Hall–Kier alpha value is -3.26. The van der Waals surface area contributed by atoms with E-state index in [0.29, 0.717) is 33.4 Å². The topological polar surface area (TPSA) is 80.3 Å². The van der Waals surface area contributed by atoms with Crippen LogP contribution in [-0.4, -0.2) is 23.9 Å². The number of rotatable bonds is 6. The third-order valence-electron chi connectivity index (χ3n) is 3.76. The molecule has 1 aromatic heterocycles. The van der Waals surface area contributed by atoms with Gasteiger partial charge in [-0.15, -0.1) is 11.3 Å². The molecule has 0 aliphatic heterocycles. The number of halogens is 1. The van der Waals surface area contributed by atoms with Gasteiger partial charge in [0, 0.05) is 23.6 Å². The summed E-state index contributed by atoms with van der Waals surface area (Å²) < 4.78 is 18.5. The molecule has 0 aliphatic carbocycles. The molecule has 8 heteroatoms. The molecule has 144 valence electrons. The highest BCUT2D eigenvalue weighted by Gasteiger charge is 2.12. The number of benzene rings is 2. The second-order valence-corrected chi connectivity index (χ2v) is 6.83. The van der Waals surface area contributed by atoms with Crippen LogP contribution in [-0.2, 0) is 16.0 Å². The summed E-state index contributed by atoms with van der Waals surface area (Å²) in [5.74, 6) is -0.335. The van der Waals surface area contributed by atoms with Crippen molar-refractivity contribution in [3.05, 3.63) is 59.4 Å². The number of nitrogens with one attached hydrogen (secondary N) is 2. The van der Waals surface area contributed by atoms with Crippen molar-refractivity contribution < 1.29 is 18.7 Å². The largest absolute Gasteiger partial charge is 0.495 e. The first-order chi connectivity index (χ1) is 13.4. The van der Waals surface area contributed by atoms with Gasteiger partial charge in [-0.25, -0.2) is 9.37 Å². The van der Waals surface area contributed by atoms with Crippen LogP contribution in [0.25, 0.3) is 10.6 Å². The van der Waals surface area contributed by atoms with Crippen LogP contribution in [0.2, 0.25) is 0 Å². The van der Waals surface area contributed by atoms with Gasteiger partial charge in [-0.2, -0.15) is 0 Å². The van der Waals surface area contributed by atoms with E-state index in [2.05, 4.69) is 15.6 Å². The quantitative estimate of drug-likeness (QED) is 0.654. The number of carbonyl (C=O) groups is 2. The van der Waals surface area contributed by atoms with Crippen molar-refractivity contribution in [2.24, 2.45) is 0 Å². The van der Waals surface area contributed by atoms with Gasteiger partial charge in [0.05, 0.1) is 24.9 Å². The number of amides is 2. The molecule has 28 heavy (non-hydrogen) atoms. The van der Waals surface area contributed by atoms with E-state index in [0.717, 1.165) is 0 Å². The summed E-state index contributed by atoms with van der Waals surface area (Å²) in [6, 6.07) is 11.1. The average Bonchev–Trinajstić information content (AvgIpc) is 3.10. The zero-order chi connectivity index (χ0) is 20.1. The van der Waals surface area contributed by atoms with E-state index >= 15 is 0 Å². The van der Waals surface area contributed by atoms with Crippen molar-refractivity contribution in [1.29, 1.82) is 0 Å². The Balaban J connectivity index is 1.68. The van der Waals surface area contributed by atoms with Gasteiger partial charge in [0.2, 0.25) is 11.8 Å². The second-order valence-electron chi connectivity index (χ2n) is 5.98. The number of hydrogen-bond acceptors (Lipinski definition) is 5. The fourth-order valence-electron chi connectivity index (χ4n) is 2.59. The molecule has 0 saturated heterocycles. The van der Waals surface area contributed by atoms with Crippen molar-refractivity contribution in [2.75, 3.05) is 17.7 Å². The number of aromatic nitrogens is 1. The van der Waals surface area contributed by atoms with Crippen molar-refractivity contribution in [3.8, 4) is 16.3 Å². The molecule has 0 fully saturated rings. The van der Waals surface area contributed by atoms with Gasteiger partial charge < -0.3 is 15.4 Å². The summed E-state index contributed by atoms with van der Waals surface area (Å²) in [6.45, 7) is 1.39. The Bertz CT molecular complexity index is 1020. The number of methoxy groups -OCH3 is 1. The van der Waals surface area contributed by atoms with E-state index in [1.54, 1.807) is 35.7 Å². The molecule has 0 saturated carbocycles. The molecule has 3 aromatic rings. The monoisotopic (exact) mass is 399 g/mol. The lowest BCUT2D eigenvalue weighted by atomic mass is 10.2. The van der Waals surface area contributed by atoms with Crippen LogP contribution < -0.4 is 15.4 Å². The molecule has 0 atom stereocenters. The molecule has 3 rings (SSSR count). The van der Waals surface area contributed by atoms with E-state index in [4.69, 9.17) is 4.74 Å². The van der Waals surface area contributed by atoms with Gasteiger partial charge in [-0.05, 0) is 30.3 Å². The molecule has 2 amide bonds. The maximum absolute atomic E-state index is 13.4. The molecular weight excluding hydrogens is 381 g/mol. The Morgan fingerprint density at radius 1 is 1.18 bits per heavy atom. The number of thiazole rings is 1. The van der Waals surface area contributed by atoms with Crippen molar-refractivity contribution in [2.45, 2.75) is 13.3 Å². The molecule has 2 aromatic carbocycles. The zero-order valence-corrected chi connectivity index (χ0v) is 16.1. The molecule has 6 nitrogen and oxygen atoms in total. The van der Waals surface area contributed by atoms with Gasteiger partial charge in [0.15, 0.2) is 0 Å². The molecule has 2 N–H and O–H groups in total. The van der Waals surface area contributed by atoms with Crippen molar-refractivity contribution in [3.63, 3.8) is 0 Å². The minimum Gasteiger partial charge on any atom is -0.495 e. The number of hydrogen-bond donors (Lipinski definition) is 2. The fraction of sp³-hybridized carbons (Fsp3) is 0.150. The summed E-state index contributed by atoms with van der Waals surface area (Å²) in [5, 5.41) is 7.86. The minimum atomic E-state index is -0.332. The lowest BCUT2D eigenvalue weighted by molar-refractivity contribution is -0.116. The Morgan fingerprint density at radius 3 is 2.71 bits per heavy atom. The molecule has 0 radical (unpaired) electrons. The summed E-state index contributed by atoms with van der Waals surface area (Å²) >= 11 is 1.35. The summed E-state index contributed by atoms with van der Waals surface area (Å²) in [4.78, 5) is 28.1. The van der Waals surface area contributed by atoms with Gasteiger partial charge in [-0.3, -0.25) is 9.59 Å². The molecule has 1 heterocycles. The van der Waals surface area contributed by atoms with Gasteiger partial charge in [-0.1, -0.05) is 12.1 Å². The first kappa shape index (κ1) is 19.5. The highest BCUT2D eigenvalue weighted by Crippen LogP contribution is 2.28. The maximum Gasteiger partial charge on any atom is 0.230 e. The summed E-state index contributed by atoms with van der Waals surface area (Å²) in [7, 11) is 1.50. The van der Waals surface area contributed by atoms with Gasteiger partial charge in [0.25, 0.3) is 0 Å². The lowest BCUT2D eigenvalue weighted by Gasteiger charge is -2.11. The van der Waals surface area contributed by atoms with Crippen LogP contribution in [0.5, 0.6) is 5.75 Å². The van der Waals surface area contributed by atoms with Crippen LogP contribution >= 0.6 is 11.3 Å². The Labute approximate surface area is 165 Å². The molecule has 0 aliphatic rings. The minimum absolute atomic E-state index is 0.0767. The van der Waals surface area contributed by atoms with Crippen molar-refractivity contribution in [1.82, 2.24) is 4.98 Å². The predicted molar refractivity (Wildman–Crippen MR) is 107 cm³/mol. The standard InChI is InChI=1S/C20H18FN3O3S/c1-12(25)22-17-9-15(6-7-18(17)27-2)23-19(26)10-16-11-28-20(24-16)13-4-3-5-14(21)8-13/h3-9,11H,10H2,1-2H3,(H,22,25)(H,23,26). The maximum atomic E-state index is 13.4. The number of nitrogens with zero attached hydrogens (tertiary/aromatic N) is 1. The Morgan fingerprint density at radius 2 is 2.00 bits per heavy atom. The highest BCUT2D eigenvalue weighted by molar-refractivity contribution is 7.13. The highest BCUT2D eigenvalue weighted by atomic mass is 32.1. The van der Waals surface area contributed by atoms with Gasteiger partial charge >= 0.3 is 0 Å². The van der Waals surface area contributed by atoms with Gasteiger partial charge in [0.1, 0.15) is 16.6 Å². The van der Waals surface area contributed by atoms with E-state index in [9.17, 15) is 14.0 Å². The summed E-state index contributed by atoms with van der Waals surface area (Å²) in [5.41, 5.74) is 2.26. The van der Waals surface area contributed by atoms with E-state index in [-0.39, 0.29) is 24.1 Å². The van der Waals surface area contributed by atoms with Crippen LogP contribution in [0.4, 0.5) is 15.8 Å². The molecular formula is C20H18FN3O3S. The average molecular weight is 399 g/mol. The van der Waals surface area contributed by atoms with Crippen LogP contribution in [0.1, 0.15) is 12.6 Å². The molecule has 0 bridgehead atoms. The normalized spacial score (nSPS) is 10.4. The predicted octanol–water partition coefficient (Wildman–Crippen LogP) is 4.10. The zero-order valence-electron chi connectivity index (χ0n) is 15.3. The number of carbonyl (C=O) groups excluding carboxylic acids is 2. The van der Waals surface area contributed by atoms with Crippen LogP contribution in [0, 0.1) is 5.82 Å². The second kappa shape index (κ2) is 8.62. The fourth-order valence-corrected chi connectivity index (χ4v) is 3.40. The first-order valence-electron chi connectivity index (χ1n) is 8.40. The SMILES string of the molecule is COc1ccc(NC(=O)Cc2csc(-c3cccc(F)c3)n2)cc1NC(C)=O. The van der Waals surface area contributed by atoms with Crippen LogP contribution in [0.15, 0.2) is 47.8 Å². The number of ether oxygens (including phenoxy) is 1. The smallest absolute Gasteiger partial charge is 0.230 e. The molecule has 0 unspecified atom stereocenters. The third kappa shape index (κ3) is 4.92. The lowest BCUT2D eigenvalue weighted by Crippen LogP contribution is -2.15. The molecule has 0 spiro atoms. The van der Waals surface area contributed by atoms with Crippen molar-refractivity contribution >= 4 is 34.5 Å².